The Morgan fingerprint density at radius 3 is 2.49 bits per heavy atom. The predicted molar refractivity (Wildman–Crippen MR) is 217 cm³/mol. The molecule has 14 nitrogen and oxygen atoms in total. The lowest BCUT2D eigenvalue weighted by atomic mass is 9.81. The van der Waals surface area contributed by atoms with Gasteiger partial charge in [-0.3, -0.25) is 33.4 Å². The Hall–Kier alpha value is -5.81. The van der Waals surface area contributed by atoms with Crippen LogP contribution in [0.25, 0.3) is 27.9 Å². The summed E-state index contributed by atoms with van der Waals surface area (Å²) in [6.07, 6.45) is 12.0. The molecule has 2 saturated heterocycles. The molecule has 0 radical (unpaired) electrons. The van der Waals surface area contributed by atoms with E-state index in [4.69, 9.17) is 0 Å². The smallest absolute Gasteiger partial charge is 0.329 e. The molecular formula is C43H50N10O4. The highest BCUT2D eigenvalue weighted by Crippen LogP contribution is 2.36. The highest BCUT2D eigenvalue weighted by molar-refractivity contribution is 6.00. The van der Waals surface area contributed by atoms with Gasteiger partial charge in [0.05, 0.1) is 27.8 Å². The zero-order chi connectivity index (χ0) is 39.8. The van der Waals surface area contributed by atoms with Crippen LogP contribution in [0.3, 0.4) is 0 Å². The molecule has 57 heavy (non-hydrogen) atoms. The number of nitriles is 1. The van der Waals surface area contributed by atoms with E-state index in [-0.39, 0.29) is 30.0 Å². The van der Waals surface area contributed by atoms with Crippen LogP contribution in [0.2, 0.25) is 0 Å². The molecule has 3 fully saturated rings. The average Bonchev–Trinajstić information content (AvgIpc) is 3.75. The number of fused-ring (bicyclic) bond motifs is 2. The van der Waals surface area contributed by atoms with E-state index in [0.29, 0.717) is 59.0 Å². The molecule has 6 heterocycles. The number of nitrogens with zero attached hydrogens (tertiary/aromatic N) is 7. The minimum atomic E-state index is -0.685. The van der Waals surface area contributed by atoms with Crippen molar-refractivity contribution in [2.75, 3.05) is 31.5 Å². The fraction of sp³-hybridized carbons (Fsp3) is 0.465. The number of hydrogen-bond acceptors (Lipinski definition) is 9. The Morgan fingerprint density at radius 2 is 1.75 bits per heavy atom. The first-order valence-electron chi connectivity index (χ1n) is 20.3. The second kappa shape index (κ2) is 16.0. The number of rotatable bonds is 10. The second-order valence-electron chi connectivity index (χ2n) is 16.4. The predicted octanol–water partition coefficient (Wildman–Crippen LogP) is 5.16. The third-order valence-corrected chi connectivity index (χ3v) is 12.2. The van der Waals surface area contributed by atoms with Gasteiger partial charge < -0.3 is 15.5 Å². The first-order valence-corrected chi connectivity index (χ1v) is 20.3. The van der Waals surface area contributed by atoms with Crippen LogP contribution in [0.4, 0.5) is 5.69 Å². The van der Waals surface area contributed by atoms with Crippen LogP contribution >= 0.6 is 0 Å². The van der Waals surface area contributed by atoms with Gasteiger partial charge >= 0.3 is 5.69 Å². The number of carbonyl (C=O) groups excluding carboxylic acids is 3. The van der Waals surface area contributed by atoms with Crippen molar-refractivity contribution in [3.8, 4) is 11.9 Å². The molecule has 4 aromatic heterocycles. The highest BCUT2D eigenvalue weighted by atomic mass is 16.2. The Bertz CT molecular complexity index is 2440. The van der Waals surface area contributed by atoms with Gasteiger partial charge in [0.25, 0.3) is 5.91 Å². The molecule has 0 spiro atoms. The largest absolute Gasteiger partial charge is 0.382 e. The number of imide groups is 1. The lowest BCUT2D eigenvalue weighted by Crippen LogP contribution is -2.44. The van der Waals surface area contributed by atoms with Crippen molar-refractivity contribution in [2.45, 2.75) is 83.2 Å². The summed E-state index contributed by atoms with van der Waals surface area (Å²) < 4.78 is 5.11. The monoisotopic (exact) mass is 770 g/mol. The molecule has 1 aromatic carbocycles. The van der Waals surface area contributed by atoms with E-state index < -0.39 is 11.9 Å². The van der Waals surface area contributed by atoms with E-state index in [0.717, 1.165) is 80.1 Å². The number of amides is 3. The number of aromatic nitrogens is 5. The molecule has 5 aromatic rings. The highest BCUT2D eigenvalue weighted by Gasteiger charge is 2.33. The quantitative estimate of drug-likeness (QED) is 0.162. The van der Waals surface area contributed by atoms with Gasteiger partial charge in [-0.2, -0.15) is 5.26 Å². The zero-order valence-corrected chi connectivity index (χ0v) is 32.8. The molecule has 14 heteroatoms. The van der Waals surface area contributed by atoms with Crippen molar-refractivity contribution in [3.63, 3.8) is 0 Å². The number of aryl methyl sites for hydroxylation is 1. The summed E-state index contributed by atoms with van der Waals surface area (Å²) in [4.78, 5) is 63.2. The van der Waals surface area contributed by atoms with Gasteiger partial charge in [-0.25, -0.2) is 14.8 Å². The van der Waals surface area contributed by atoms with E-state index in [9.17, 15) is 24.4 Å². The molecule has 8 rings (SSSR count). The number of likely N-dealkylation sites (tertiary alicyclic amines) is 1. The van der Waals surface area contributed by atoms with Gasteiger partial charge in [0.15, 0.2) is 0 Å². The molecule has 3 N–H and O–H groups in total. The summed E-state index contributed by atoms with van der Waals surface area (Å²) in [5.41, 5.74) is 4.97. The lowest BCUT2D eigenvalue weighted by molar-refractivity contribution is -0.135. The zero-order valence-electron chi connectivity index (χ0n) is 32.8. The van der Waals surface area contributed by atoms with Gasteiger partial charge in [0.1, 0.15) is 23.6 Å². The number of benzene rings is 1. The van der Waals surface area contributed by atoms with E-state index in [2.05, 4.69) is 43.0 Å². The van der Waals surface area contributed by atoms with Crippen LogP contribution < -0.4 is 21.6 Å². The molecule has 3 amide bonds. The molecule has 1 atom stereocenters. The number of hydrogen-bond donors (Lipinski definition) is 3. The van der Waals surface area contributed by atoms with Crippen molar-refractivity contribution in [1.29, 1.82) is 5.26 Å². The molecule has 1 aliphatic carbocycles. The van der Waals surface area contributed by atoms with Gasteiger partial charge in [-0.1, -0.05) is 12.1 Å². The average molecular weight is 771 g/mol. The Balaban J connectivity index is 0.839. The van der Waals surface area contributed by atoms with E-state index in [1.807, 2.05) is 48.9 Å². The lowest BCUT2D eigenvalue weighted by Gasteiger charge is -2.37. The molecule has 2 aliphatic heterocycles. The van der Waals surface area contributed by atoms with Crippen molar-refractivity contribution in [3.05, 3.63) is 82.2 Å². The van der Waals surface area contributed by atoms with Gasteiger partial charge in [0, 0.05) is 62.6 Å². The van der Waals surface area contributed by atoms with E-state index in [1.54, 1.807) is 34.6 Å². The fourth-order valence-corrected chi connectivity index (χ4v) is 9.23. The third kappa shape index (κ3) is 7.68. The van der Waals surface area contributed by atoms with Gasteiger partial charge in [-0.05, 0) is 113 Å². The van der Waals surface area contributed by atoms with Crippen LogP contribution in [0.5, 0.6) is 0 Å². The summed E-state index contributed by atoms with van der Waals surface area (Å²) >= 11 is 0. The molecule has 296 valence electrons. The number of nitrogens with one attached hydrogen (secondary N) is 3. The Labute approximate surface area is 331 Å². The van der Waals surface area contributed by atoms with E-state index >= 15 is 0 Å². The summed E-state index contributed by atoms with van der Waals surface area (Å²) in [6, 6.07) is 13.2. The summed E-state index contributed by atoms with van der Waals surface area (Å²) in [7, 11) is 1.78. The number of imidazole rings is 1. The number of pyridine rings is 2. The molecular weight excluding hydrogens is 721 g/mol. The van der Waals surface area contributed by atoms with E-state index in [1.165, 1.54) is 0 Å². The number of piperidine rings is 2. The second-order valence-corrected chi connectivity index (χ2v) is 16.4. The van der Waals surface area contributed by atoms with Crippen LogP contribution in [-0.4, -0.2) is 78.5 Å². The summed E-state index contributed by atoms with van der Waals surface area (Å²) in [5, 5.41) is 19.1. The summed E-state index contributed by atoms with van der Waals surface area (Å²) in [5.74, 6) is 1.17. The minimum Gasteiger partial charge on any atom is -0.382 e. The molecule has 3 aliphatic rings. The van der Waals surface area contributed by atoms with Crippen molar-refractivity contribution in [2.24, 2.45) is 18.9 Å². The minimum absolute atomic E-state index is 0.106. The standard InChI is InChI=1S/C43H50N10O4/c1-26(2)48-34-20-37(52-18-15-31-19-29(21-44)23-46-40(31)52)45-24-33(34)41(55)47-22-27-7-9-28(10-8-27)25-51-16-13-30(14-17-51)32-5-4-6-35-39(32)50(3)43(57)53(35)36-11-12-38(54)49-42(36)56/h4-6,15,18-20,23-24,26-28,30,36H,7-14,16-17,22,25H2,1-3H3,(H,45,48)(H,47,55)(H,49,54,56)/t27-,28-,36?. The number of carbonyl (C=O) groups is 3. The number of anilines is 1. The SMILES string of the molecule is CC(C)Nc1cc(-n2ccc3cc(C#N)cnc32)ncc1C(=O)NC[C@H]1CC[C@H](CN2CCC(c3cccc4c3n(C)c(=O)n4C3CCC(=O)NC3=O)CC2)CC1. The normalized spacial score (nSPS) is 20.9. The van der Waals surface area contributed by atoms with Crippen molar-refractivity contribution < 1.29 is 14.4 Å². The van der Waals surface area contributed by atoms with Crippen LogP contribution in [0.15, 0.2) is 59.8 Å². The Morgan fingerprint density at radius 1 is 0.982 bits per heavy atom. The number of para-hydroxylation sites is 1. The molecule has 1 saturated carbocycles. The maximum absolute atomic E-state index is 13.5. The topological polar surface area (TPSA) is 172 Å². The summed E-state index contributed by atoms with van der Waals surface area (Å²) in [6.45, 7) is 7.78. The first kappa shape index (κ1) is 38.1. The van der Waals surface area contributed by atoms with Crippen molar-refractivity contribution in [1.82, 2.24) is 39.2 Å². The third-order valence-electron chi connectivity index (χ3n) is 12.2. The first-order chi connectivity index (χ1) is 27.6. The van der Waals surface area contributed by atoms with Crippen LogP contribution in [0.1, 0.15) is 98.7 Å². The maximum atomic E-state index is 13.5. The van der Waals surface area contributed by atoms with Gasteiger partial charge in [-0.15, -0.1) is 0 Å². The maximum Gasteiger partial charge on any atom is 0.329 e. The van der Waals surface area contributed by atoms with Crippen LogP contribution in [-0.2, 0) is 16.6 Å². The molecule has 0 bridgehead atoms. The molecule has 1 unspecified atom stereocenters. The Kier molecular flexibility index (Phi) is 10.7. The van der Waals surface area contributed by atoms with Crippen molar-refractivity contribution >= 4 is 45.5 Å². The van der Waals surface area contributed by atoms with Gasteiger partial charge in [0.2, 0.25) is 11.8 Å². The fourth-order valence-electron chi connectivity index (χ4n) is 9.23. The van der Waals surface area contributed by atoms with Crippen LogP contribution in [0, 0.1) is 23.2 Å².